The second-order valence-electron chi connectivity index (χ2n) is 8.75. The highest BCUT2D eigenvalue weighted by atomic mass is 35.5. The first-order chi connectivity index (χ1) is 18.1. The van der Waals surface area contributed by atoms with Gasteiger partial charge in [-0.25, -0.2) is 0 Å². The molecular formula is C26H31ClF3N5O2S. The number of benzene rings is 2. The van der Waals surface area contributed by atoms with Gasteiger partial charge in [0.05, 0.1) is 18.8 Å². The summed E-state index contributed by atoms with van der Waals surface area (Å²) in [6, 6.07) is 13.2. The van der Waals surface area contributed by atoms with Crippen molar-refractivity contribution in [1.29, 1.82) is 0 Å². The summed E-state index contributed by atoms with van der Waals surface area (Å²) in [6.45, 7) is 3.26. The van der Waals surface area contributed by atoms with Gasteiger partial charge in [-0.1, -0.05) is 23.7 Å². The van der Waals surface area contributed by atoms with Gasteiger partial charge in [-0.3, -0.25) is 9.79 Å². The Hall–Kier alpha value is -2.86. The third kappa shape index (κ3) is 10.1. The molecule has 12 heteroatoms. The van der Waals surface area contributed by atoms with Crippen LogP contribution >= 0.6 is 22.9 Å². The smallest absolute Gasteiger partial charge is 0.406 e. The summed E-state index contributed by atoms with van der Waals surface area (Å²) < 4.78 is 43.7. The summed E-state index contributed by atoms with van der Waals surface area (Å²) in [5.74, 6) is -0.334. The fourth-order valence-electron chi connectivity index (χ4n) is 3.52. The van der Waals surface area contributed by atoms with Crippen molar-refractivity contribution in [3.05, 3.63) is 69.3 Å². The zero-order valence-corrected chi connectivity index (χ0v) is 22.8. The van der Waals surface area contributed by atoms with Crippen LogP contribution in [0.2, 0.25) is 5.02 Å². The summed E-state index contributed by atoms with van der Waals surface area (Å²) in [6.07, 6.45) is -4.02. The lowest BCUT2D eigenvalue weighted by atomic mass is 10.1. The SMILES string of the molecule is CN(C)CCNC(=O)CNCCCn1c(-c2ccc(OC(F)(F)F)cc2)cs/c1=N\Cc1ccc(Cl)cc1. The molecule has 3 aromatic rings. The largest absolute Gasteiger partial charge is 0.573 e. The van der Waals surface area contributed by atoms with E-state index < -0.39 is 6.36 Å². The Labute approximate surface area is 228 Å². The van der Waals surface area contributed by atoms with Crippen LogP contribution in [-0.4, -0.2) is 62.0 Å². The molecule has 0 spiro atoms. The predicted molar refractivity (Wildman–Crippen MR) is 144 cm³/mol. The first-order valence-electron chi connectivity index (χ1n) is 12.0. The van der Waals surface area contributed by atoms with E-state index in [-0.39, 0.29) is 18.2 Å². The maximum absolute atomic E-state index is 12.5. The second kappa shape index (κ2) is 14.3. The van der Waals surface area contributed by atoms with Gasteiger partial charge in [0.15, 0.2) is 4.80 Å². The molecule has 0 radical (unpaired) electrons. The number of likely N-dealkylation sites (N-methyl/N-ethyl adjacent to an activating group) is 1. The fourth-order valence-corrected chi connectivity index (χ4v) is 4.59. The molecule has 0 aliphatic rings. The third-order valence-electron chi connectivity index (χ3n) is 5.39. The Morgan fingerprint density at radius 2 is 1.82 bits per heavy atom. The molecule has 38 heavy (non-hydrogen) atoms. The molecule has 2 N–H and O–H groups in total. The summed E-state index contributed by atoms with van der Waals surface area (Å²) in [4.78, 5) is 19.5. The number of aromatic nitrogens is 1. The number of ether oxygens (including phenoxy) is 1. The topological polar surface area (TPSA) is 70.9 Å². The average molecular weight is 570 g/mol. The lowest BCUT2D eigenvalue weighted by Crippen LogP contribution is -2.37. The van der Waals surface area contributed by atoms with Crippen molar-refractivity contribution in [2.45, 2.75) is 25.9 Å². The van der Waals surface area contributed by atoms with E-state index in [0.29, 0.717) is 31.2 Å². The Balaban J connectivity index is 1.69. The molecule has 0 fully saturated rings. The van der Waals surface area contributed by atoms with E-state index in [9.17, 15) is 18.0 Å². The number of amides is 1. The van der Waals surface area contributed by atoms with E-state index in [2.05, 4.69) is 15.4 Å². The van der Waals surface area contributed by atoms with Crippen LogP contribution in [0.15, 0.2) is 58.9 Å². The molecule has 0 aliphatic carbocycles. The first-order valence-corrected chi connectivity index (χ1v) is 13.3. The molecule has 0 atom stereocenters. The van der Waals surface area contributed by atoms with Crippen LogP contribution in [0.5, 0.6) is 5.75 Å². The number of rotatable bonds is 13. The van der Waals surface area contributed by atoms with Crippen LogP contribution in [0.1, 0.15) is 12.0 Å². The van der Waals surface area contributed by atoms with Crippen LogP contribution in [-0.2, 0) is 17.9 Å². The van der Waals surface area contributed by atoms with E-state index in [4.69, 9.17) is 16.6 Å². The number of nitrogens with zero attached hydrogens (tertiary/aromatic N) is 3. The highest BCUT2D eigenvalue weighted by Gasteiger charge is 2.31. The molecule has 0 aliphatic heterocycles. The molecule has 0 saturated heterocycles. The van der Waals surface area contributed by atoms with Gasteiger partial charge in [-0.2, -0.15) is 0 Å². The Morgan fingerprint density at radius 3 is 2.47 bits per heavy atom. The zero-order valence-electron chi connectivity index (χ0n) is 21.2. The van der Waals surface area contributed by atoms with E-state index in [0.717, 1.165) is 34.6 Å². The van der Waals surface area contributed by atoms with Crippen molar-refractivity contribution in [3.8, 4) is 17.0 Å². The van der Waals surface area contributed by atoms with Gasteiger partial charge in [0.25, 0.3) is 0 Å². The average Bonchev–Trinajstić information content (AvgIpc) is 3.25. The number of thiazole rings is 1. The summed E-state index contributed by atoms with van der Waals surface area (Å²) in [5.41, 5.74) is 2.59. The number of carbonyl (C=O) groups excluding carboxylic acids is 1. The van der Waals surface area contributed by atoms with Crippen molar-refractivity contribution >= 4 is 28.8 Å². The minimum atomic E-state index is -4.74. The molecular weight excluding hydrogens is 539 g/mol. The molecule has 206 valence electrons. The van der Waals surface area contributed by atoms with Crippen LogP contribution in [0, 0.1) is 0 Å². The number of hydrogen-bond acceptors (Lipinski definition) is 6. The molecule has 1 heterocycles. The van der Waals surface area contributed by atoms with E-state index >= 15 is 0 Å². The third-order valence-corrected chi connectivity index (χ3v) is 6.55. The number of hydrogen-bond donors (Lipinski definition) is 2. The summed E-state index contributed by atoms with van der Waals surface area (Å²) >= 11 is 7.43. The second-order valence-corrected chi connectivity index (χ2v) is 10.0. The monoisotopic (exact) mass is 569 g/mol. The van der Waals surface area contributed by atoms with Gasteiger partial charge in [-0.05, 0) is 74.6 Å². The molecule has 1 amide bonds. The molecule has 0 unspecified atom stereocenters. The quantitative estimate of drug-likeness (QED) is 0.297. The van der Waals surface area contributed by atoms with Gasteiger partial charge in [0.1, 0.15) is 5.75 Å². The van der Waals surface area contributed by atoms with Crippen LogP contribution in [0.3, 0.4) is 0 Å². The first kappa shape index (κ1) is 29.7. The van der Waals surface area contributed by atoms with Gasteiger partial charge in [0.2, 0.25) is 5.91 Å². The standard InChI is InChI=1S/C26H31ClF3N5O2S/c1-34(2)15-13-32-24(36)17-31-12-3-14-35-23(20-6-10-22(11-7-20)37-26(28,29)30)18-38-25(35)33-16-19-4-8-21(27)9-5-19/h4-11,18,31H,3,12-17H2,1-2H3,(H,32,36)/b33-25-. The highest BCUT2D eigenvalue weighted by molar-refractivity contribution is 7.07. The molecule has 0 saturated carbocycles. The van der Waals surface area contributed by atoms with Gasteiger partial charge in [-0.15, -0.1) is 24.5 Å². The van der Waals surface area contributed by atoms with Crippen molar-refractivity contribution in [3.63, 3.8) is 0 Å². The maximum Gasteiger partial charge on any atom is 0.573 e. The van der Waals surface area contributed by atoms with Crippen molar-refractivity contribution in [2.75, 3.05) is 40.3 Å². The van der Waals surface area contributed by atoms with E-state index in [1.165, 1.54) is 23.5 Å². The normalized spacial score (nSPS) is 12.2. The van der Waals surface area contributed by atoms with Gasteiger partial charge >= 0.3 is 6.36 Å². The van der Waals surface area contributed by atoms with Gasteiger partial charge in [0, 0.05) is 30.0 Å². The minimum Gasteiger partial charge on any atom is -0.406 e. The number of alkyl halides is 3. The molecule has 2 aromatic carbocycles. The van der Waals surface area contributed by atoms with Crippen LogP contribution < -0.4 is 20.2 Å². The Morgan fingerprint density at radius 1 is 1.11 bits per heavy atom. The lowest BCUT2D eigenvalue weighted by Gasteiger charge is -2.12. The van der Waals surface area contributed by atoms with Crippen LogP contribution in [0.25, 0.3) is 11.3 Å². The molecule has 1 aromatic heterocycles. The molecule has 0 bridgehead atoms. The number of nitrogens with one attached hydrogen (secondary N) is 2. The summed E-state index contributed by atoms with van der Waals surface area (Å²) in [7, 11) is 3.89. The highest BCUT2D eigenvalue weighted by Crippen LogP contribution is 2.27. The molecule has 3 rings (SSSR count). The van der Waals surface area contributed by atoms with Crippen molar-refractivity contribution in [2.24, 2.45) is 4.99 Å². The maximum atomic E-state index is 12.5. The Bertz CT molecular complexity index is 1230. The van der Waals surface area contributed by atoms with Gasteiger partial charge < -0.3 is 24.8 Å². The number of carbonyl (C=O) groups is 1. The minimum absolute atomic E-state index is 0.0597. The van der Waals surface area contributed by atoms with E-state index in [1.54, 1.807) is 12.1 Å². The number of halogens is 4. The lowest BCUT2D eigenvalue weighted by molar-refractivity contribution is -0.274. The Kier molecular flexibility index (Phi) is 11.2. The van der Waals surface area contributed by atoms with E-state index in [1.807, 2.05) is 53.2 Å². The predicted octanol–water partition coefficient (Wildman–Crippen LogP) is 4.53. The van der Waals surface area contributed by atoms with Crippen LogP contribution in [0.4, 0.5) is 13.2 Å². The van der Waals surface area contributed by atoms with Crippen molar-refractivity contribution in [1.82, 2.24) is 20.1 Å². The fraction of sp³-hybridized carbons (Fsp3) is 0.385. The molecule has 7 nitrogen and oxygen atoms in total. The zero-order chi connectivity index (χ0) is 27.5. The van der Waals surface area contributed by atoms with Crippen molar-refractivity contribution < 1.29 is 22.7 Å². The summed E-state index contributed by atoms with van der Waals surface area (Å²) in [5, 5.41) is 8.61.